The van der Waals surface area contributed by atoms with Gasteiger partial charge in [-0.15, -0.1) is 0 Å². The molecule has 1 heterocycles. The number of nitrogens with zero attached hydrogens (tertiary/aromatic N) is 1. The highest BCUT2D eigenvalue weighted by molar-refractivity contribution is 9.10. The SMILES string of the molecule is C/C(=C\C(=O)c1ccc(Br)cc1)Nc1ncccc1C. The van der Waals surface area contributed by atoms with Crippen LogP contribution >= 0.6 is 15.9 Å². The molecule has 1 aromatic heterocycles. The molecular weight excluding hydrogens is 316 g/mol. The van der Waals surface area contributed by atoms with E-state index in [1.807, 2.05) is 38.1 Å². The second-order valence-electron chi connectivity index (χ2n) is 4.49. The van der Waals surface area contributed by atoms with E-state index in [0.29, 0.717) is 5.56 Å². The van der Waals surface area contributed by atoms with E-state index in [9.17, 15) is 4.79 Å². The zero-order valence-electron chi connectivity index (χ0n) is 11.4. The molecule has 20 heavy (non-hydrogen) atoms. The topological polar surface area (TPSA) is 42.0 Å². The lowest BCUT2D eigenvalue weighted by Gasteiger charge is -2.08. The van der Waals surface area contributed by atoms with Gasteiger partial charge in [0, 0.05) is 28.0 Å². The maximum Gasteiger partial charge on any atom is 0.187 e. The number of pyridine rings is 1. The molecule has 0 unspecified atom stereocenters. The number of benzene rings is 1. The van der Waals surface area contributed by atoms with Crippen LogP contribution in [0.5, 0.6) is 0 Å². The Morgan fingerprint density at radius 1 is 1.25 bits per heavy atom. The molecule has 0 atom stereocenters. The van der Waals surface area contributed by atoms with Gasteiger partial charge in [-0.25, -0.2) is 4.98 Å². The molecule has 0 aliphatic heterocycles. The number of aryl methyl sites for hydroxylation is 1. The Bertz CT molecular complexity index is 648. The van der Waals surface area contributed by atoms with Crippen LogP contribution in [0.4, 0.5) is 5.82 Å². The Morgan fingerprint density at radius 2 is 1.95 bits per heavy atom. The molecule has 102 valence electrons. The summed E-state index contributed by atoms with van der Waals surface area (Å²) in [5, 5.41) is 3.14. The molecule has 4 heteroatoms. The summed E-state index contributed by atoms with van der Waals surface area (Å²) in [6.07, 6.45) is 3.30. The van der Waals surface area contributed by atoms with Crippen LogP contribution < -0.4 is 5.32 Å². The second kappa shape index (κ2) is 6.48. The molecule has 3 nitrogen and oxygen atoms in total. The standard InChI is InChI=1S/C16H15BrN2O/c1-11-4-3-9-18-16(11)19-12(2)10-15(20)13-5-7-14(17)8-6-13/h3-10H,1-2H3,(H,18,19)/b12-10+. The third-order valence-electron chi connectivity index (χ3n) is 2.80. The maximum absolute atomic E-state index is 12.1. The van der Waals surface area contributed by atoms with Crippen LogP contribution in [0, 0.1) is 6.92 Å². The van der Waals surface area contributed by atoms with Crippen molar-refractivity contribution in [2.24, 2.45) is 0 Å². The smallest absolute Gasteiger partial charge is 0.187 e. The van der Waals surface area contributed by atoms with Gasteiger partial charge in [0.15, 0.2) is 5.78 Å². The number of ketones is 1. The van der Waals surface area contributed by atoms with E-state index >= 15 is 0 Å². The molecule has 0 radical (unpaired) electrons. The molecular formula is C16H15BrN2O. The summed E-state index contributed by atoms with van der Waals surface area (Å²) < 4.78 is 0.956. The molecule has 0 spiro atoms. The first-order valence-corrected chi connectivity index (χ1v) is 7.02. The molecule has 0 bridgehead atoms. The molecule has 0 fully saturated rings. The number of nitrogens with one attached hydrogen (secondary N) is 1. The van der Waals surface area contributed by atoms with Crippen LogP contribution in [-0.2, 0) is 0 Å². The monoisotopic (exact) mass is 330 g/mol. The third-order valence-corrected chi connectivity index (χ3v) is 3.33. The van der Waals surface area contributed by atoms with E-state index in [-0.39, 0.29) is 5.78 Å². The highest BCUT2D eigenvalue weighted by atomic mass is 79.9. The van der Waals surface area contributed by atoms with Gasteiger partial charge in [0.2, 0.25) is 0 Å². The van der Waals surface area contributed by atoms with Gasteiger partial charge in [-0.3, -0.25) is 4.79 Å². The molecule has 1 N–H and O–H groups in total. The van der Waals surface area contributed by atoms with E-state index in [1.165, 1.54) is 0 Å². The predicted octanol–water partition coefficient (Wildman–Crippen LogP) is 4.35. The van der Waals surface area contributed by atoms with E-state index in [0.717, 1.165) is 21.6 Å². The normalized spacial score (nSPS) is 11.2. The number of hydrogen-bond donors (Lipinski definition) is 1. The van der Waals surface area contributed by atoms with Crippen molar-refractivity contribution >= 4 is 27.5 Å². The highest BCUT2D eigenvalue weighted by Gasteiger charge is 2.04. The maximum atomic E-state index is 12.1. The van der Waals surface area contributed by atoms with Crippen molar-refractivity contribution in [3.05, 3.63) is 70.0 Å². The zero-order valence-corrected chi connectivity index (χ0v) is 12.9. The van der Waals surface area contributed by atoms with Gasteiger partial charge >= 0.3 is 0 Å². The van der Waals surface area contributed by atoms with Crippen LogP contribution in [0.15, 0.2) is 58.8 Å². The summed E-state index contributed by atoms with van der Waals surface area (Å²) in [7, 11) is 0. The number of rotatable bonds is 4. The zero-order chi connectivity index (χ0) is 14.5. The van der Waals surface area contributed by atoms with E-state index in [2.05, 4.69) is 26.2 Å². The number of carbonyl (C=O) groups is 1. The van der Waals surface area contributed by atoms with E-state index in [1.54, 1.807) is 24.4 Å². The Morgan fingerprint density at radius 3 is 2.60 bits per heavy atom. The summed E-state index contributed by atoms with van der Waals surface area (Å²) >= 11 is 3.35. The predicted molar refractivity (Wildman–Crippen MR) is 84.8 cm³/mol. The summed E-state index contributed by atoms with van der Waals surface area (Å²) in [5.41, 5.74) is 2.46. The number of allylic oxidation sites excluding steroid dienone is 2. The molecule has 2 aromatic rings. The summed E-state index contributed by atoms with van der Waals surface area (Å²) in [5.74, 6) is 0.737. The summed E-state index contributed by atoms with van der Waals surface area (Å²) in [6, 6.07) is 11.1. The minimum absolute atomic E-state index is 0.0314. The minimum Gasteiger partial charge on any atom is -0.344 e. The molecule has 0 amide bonds. The van der Waals surface area contributed by atoms with Crippen molar-refractivity contribution in [1.82, 2.24) is 4.98 Å². The summed E-state index contributed by atoms with van der Waals surface area (Å²) in [4.78, 5) is 16.3. The van der Waals surface area contributed by atoms with Crippen molar-refractivity contribution in [3.63, 3.8) is 0 Å². The van der Waals surface area contributed by atoms with Gasteiger partial charge < -0.3 is 5.32 Å². The minimum atomic E-state index is -0.0314. The molecule has 0 saturated carbocycles. The highest BCUT2D eigenvalue weighted by Crippen LogP contribution is 2.14. The van der Waals surface area contributed by atoms with Gasteiger partial charge in [0.25, 0.3) is 0 Å². The summed E-state index contributed by atoms with van der Waals surface area (Å²) in [6.45, 7) is 3.82. The average Bonchev–Trinajstić information content (AvgIpc) is 2.42. The number of anilines is 1. The Kier molecular flexibility index (Phi) is 4.69. The quantitative estimate of drug-likeness (QED) is 0.669. The van der Waals surface area contributed by atoms with Gasteiger partial charge in [-0.2, -0.15) is 0 Å². The average molecular weight is 331 g/mol. The van der Waals surface area contributed by atoms with Gasteiger partial charge in [0.1, 0.15) is 5.82 Å². The van der Waals surface area contributed by atoms with Crippen LogP contribution in [0.1, 0.15) is 22.8 Å². The van der Waals surface area contributed by atoms with Crippen LogP contribution in [-0.4, -0.2) is 10.8 Å². The molecule has 0 aliphatic rings. The second-order valence-corrected chi connectivity index (χ2v) is 5.41. The number of carbonyl (C=O) groups excluding carboxylic acids is 1. The fraction of sp³-hybridized carbons (Fsp3) is 0.125. The molecule has 1 aromatic carbocycles. The lowest BCUT2D eigenvalue weighted by Crippen LogP contribution is -2.03. The first-order chi connectivity index (χ1) is 9.56. The lowest BCUT2D eigenvalue weighted by atomic mass is 10.1. The van der Waals surface area contributed by atoms with Crippen LogP contribution in [0.2, 0.25) is 0 Å². The fourth-order valence-electron chi connectivity index (χ4n) is 1.73. The first kappa shape index (κ1) is 14.5. The van der Waals surface area contributed by atoms with E-state index < -0.39 is 0 Å². The largest absolute Gasteiger partial charge is 0.344 e. The Labute approximate surface area is 126 Å². The van der Waals surface area contributed by atoms with Crippen molar-refractivity contribution in [2.45, 2.75) is 13.8 Å². The molecule has 2 rings (SSSR count). The van der Waals surface area contributed by atoms with Crippen molar-refractivity contribution in [2.75, 3.05) is 5.32 Å². The van der Waals surface area contributed by atoms with Crippen LogP contribution in [0.3, 0.4) is 0 Å². The molecule has 0 aliphatic carbocycles. The van der Waals surface area contributed by atoms with Gasteiger partial charge in [-0.1, -0.05) is 22.0 Å². The third kappa shape index (κ3) is 3.78. The van der Waals surface area contributed by atoms with Gasteiger partial charge in [-0.05, 0) is 49.7 Å². The number of hydrogen-bond acceptors (Lipinski definition) is 3. The van der Waals surface area contributed by atoms with Crippen LogP contribution in [0.25, 0.3) is 0 Å². The Hall–Kier alpha value is -1.94. The first-order valence-electron chi connectivity index (χ1n) is 6.23. The molecule has 0 saturated heterocycles. The number of aromatic nitrogens is 1. The van der Waals surface area contributed by atoms with E-state index in [4.69, 9.17) is 0 Å². The van der Waals surface area contributed by atoms with Gasteiger partial charge in [0.05, 0.1) is 0 Å². The van der Waals surface area contributed by atoms with Crippen molar-refractivity contribution in [1.29, 1.82) is 0 Å². The Balaban J connectivity index is 2.12. The fourth-order valence-corrected chi connectivity index (χ4v) is 2.00. The number of halogens is 1. The van der Waals surface area contributed by atoms with Crippen molar-refractivity contribution < 1.29 is 4.79 Å². The lowest BCUT2D eigenvalue weighted by molar-refractivity contribution is 0.104. The van der Waals surface area contributed by atoms with Crippen molar-refractivity contribution in [3.8, 4) is 0 Å².